The zero-order valence-electron chi connectivity index (χ0n) is 13.6. The summed E-state index contributed by atoms with van der Waals surface area (Å²) in [6.45, 7) is 6.25. The summed E-state index contributed by atoms with van der Waals surface area (Å²) in [7, 11) is 3.71. The van der Waals surface area contributed by atoms with Gasteiger partial charge in [0.25, 0.3) is 5.56 Å². The maximum absolute atomic E-state index is 12.7. The van der Waals surface area contributed by atoms with E-state index in [2.05, 4.69) is 9.98 Å². The molecule has 0 fully saturated rings. The van der Waals surface area contributed by atoms with Gasteiger partial charge in [-0.3, -0.25) is 13.9 Å². The average Bonchev–Trinajstić information content (AvgIpc) is 2.47. The fourth-order valence-electron chi connectivity index (χ4n) is 2.35. The molecule has 2 aromatic rings. The van der Waals surface area contributed by atoms with E-state index in [0.29, 0.717) is 29.8 Å². The molecule has 0 radical (unpaired) electrons. The number of aryl methyl sites for hydroxylation is 2. The van der Waals surface area contributed by atoms with E-state index in [-0.39, 0.29) is 11.2 Å². The van der Waals surface area contributed by atoms with Crippen LogP contribution < -0.4 is 11.2 Å². The van der Waals surface area contributed by atoms with Gasteiger partial charge in [0.2, 0.25) is 0 Å². The molecule has 0 aliphatic carbocycles. The molecule has 0 bridgehead atoms. The lowest BCUT2D eigenvalue weighted by Gasteiger charge is -2.13. The van der Waals surface area contributed by atoms with E-state index in [4.69, 9.17) is 0 Å². The second-order valence-corrected chi connectivity index (χ2v) is 5.27. The molecule has 2 aromatic heterocycles. The molecule has 118 valence electrons. The first-order valence-electron chi connectivity index (χ1n) is 7.25. The lowest BCUT2D eigenvalue weighted by molar-refractivity contribution is 0.605. The summed E-state index contributed by atoms with van der Waals surface area (Å²) in [5.41, 5.74) is 1.08. The van der Waals surface area contributed by atoms with Gasteiger partial charge < -0.3 is 4.90 Å². The Kier molecular flexibility index (Phi) is 4.44. The van der Waals surface area contributed by atoms with Crippen LogP contribution in [0.4, 0.5) is 5.69 Å². The first-order chi connectivity index (χ1) is 10.4. The molecule has 2 rings (SSSR count). The molecule has 0 aromatic carbocycles. The van der Waals surface area contributed by atoms with Crippen molar-refractivity contribution < 1.29 is 0 Å². The highest BCUT2D eigenvalue weighted by molar-refractivity contribution is 5.89. The van der Waals surface area contributed by atoms with Gasteiger partial charge in [0.05, 0.1) is 12.0 Å². The number of hydrogen-bond acceptors (Lipinski definition) is 4. The Morgan fingerprint density at radius 3 is 2.41 bits per heavy atom. The van der Waals surface area contributed by atoms with Crippen molar-refractivity contribution in [2.24, 2.45) is 4.99 Å². The highest BCUT2D eigenvalue weighted by atomic mass is 16.2. The maximum Gasteiger partial charge on any atom is 0.332 e. The van der Waals surface area contributed by atoms with E-state index < -0.39 is 0 Å². The summed E-state index contributed by atoms with van der Waals surface area (Å²) in [4.78, 5) is 35.6. The topological polar surface area (TPSA) is 72.5 Å². The summed E-state index contributed by atoms with van der Waals surface area (Å²) in [5, 5.41) is 0.390. The van der Waals surface area contributed by atoms with Crippen LogP contribution in [0.1, 0.15) is 19.4 Å². The fraction of sp³-hybridized carbons (Fsp3) is 0.467. The van der Waals surface area contributed by atoms with Crippen molar-refractivity contribution in [3.63, 3.8) is 0 Å². The second kappa shape index (κ2) is 6.13. The molecule has 0 saturated carbocycles. The number of aromatic nitrogens is 3. The van der Waals surface area contributed by atoms with Crippen LogP contribution in [0.3, 0.4) is 0 Å². The molecule has 0 spiro atoms. The predicted octanol–water partition coefficient (Wildman–Crippen LogP) is 1.13. The van der Waals surface area contributed by atoms with Crippen LogP contribution in [-0.2, 0) is 13.1 Å². The average molecular weight is 303 g/mol. The standard InChI is InChI=1S/C15H21N5O2/c1-6-19-13-11(14(21)20(7-2)15(19)22)12(10(3)8-16-13)17-9-18(4)5/h8-9H,6-7H2,1-5H3. The van der Waals surface area contributed by atoms with Crippen LogP contribution in [0.2, 0.25) is 0 Å². The molecule has 22 heavy (non-hydrogen) atoms. The van der Waals surface area contributed by atoms with Crippen molar-refractivity contribution in [3.05, 3.63) is 32.6 Å². The van der Waals surface area contributed by atoms with E-state index in [0.717, 1.165) is 5.56 Å². The third-order valence-electron chi connectivity index (χ3n) is 3.44. The van der Waals surface area contributed by atoms with Crippen LogP contribution in [0.15, 0.2) is 20.8 Å². The number of nitrogens with zero attached hydrogens (tertiary/aromatic N) is 5. The van der Waals surface area contributed by atoms with Gasteiger partial charge in [0, 0.05) is 33.4 Å². The lowest BCUT2D eigenvalue weighted by atomic mass is 10.2. The van der Waals surface area contributed by atoms with Crippen LogP contribution in [0.25, 0.3) is 11.0 Å². The van der Waals surface area contributed by atoms with Crippen LogP contribution in [0.5, 0.6) is 0 Å². The zero-order valence-corrected chi connectivity index (χ0v) is 13.6. The number of pyridine rings is 1. The van der Waals surface area contributed by atoms with Crippen molar-refractivity contribution >= 4 is 23.1 Å². The molecule has 0 aliphatic rings. The highest BCUT2D eigenvalue weighted by Gasteiger charge is 2.17. The van der Waals surface area contributed by atoms with E-state index in [1.54, 1.807) is 24.4 Å². The van der Waals surface area contributed by atoms with Gasteiger partial charge in [-0.15, -0.1) is 0 Å². The Bertz CT molecular complexity index is 846. The molecule has 7 heteroatoms. The number of fused-ring (bicyclic) bond motifs is 1. The molecule has 0 atom stereocenters. The van der Waals surface area contributed by atoms with Crippen molar-refractivity contribution in [3.8, 4) is 0 Å². The van der Waals surface area contributed by atoms with E-state index in [9.17, 15) is 9.59 Å². The summed E-state index contributed by atoms with van der Waals surface area (Å²) in [6, 6.07) is 0. The summed E-state index contributed by atoms with van der Waals surface area (Å²) < 4.78 is 2.73. The summed E-state index contributed by atoms with van der Waals surface area (Å²) >= 11 is 0. The zero-order chi connectivity index (χ0) is 16.4. The molecular formula is C15H21N5O2. The van der Waals surface area contributed by atoms with Crippen molar-refractivity contribution in [2.75, 3.05) is 14.1 Å². The van der Waals surface area contributed by atoms with E-state index >= 15 is 0 Å². The van der Waals surface area contributed by atoms with Crippen LogP contribution in [-0.4, -0.2) is 39.5 Å². The second-order valence-electron chi connectivity index (χ2n) is 5.27. The maximum atomic E-state index is 12.7. The van der Waals surface area contributed by atoms with Gasteiger partial charge in [-0.05, 0) is 26.3 Å². The predicted molar refractivity (Wildman–Crippen MR) is 88.2 cm³/mol. The van der Waals surface area contributed by atoms with Gasteiger partial charge in [0.15, 0.2) is 5.65 Å². The van der Waals surface area contributed by atoms with Gasteiger partial charge in [-0.25, -0.2) is 14.8 Å². The van der Waals surface area contributed by atoms with E-state index in [1.807, 2.05) is 27.9 Å². The largest absolute Gasteiger partial charge is 0.369 e. The van der Waals surface area contributed by atoms with Gasteiger partial charge in [-0.1, -0.05) is 0 Å². The third kappa shape index (κ3) is 2.54. The van der Waals surface area contributed by atoms with Crippen LogP contribution in [0, 0.1) is 6.92 Å². The van der Waals surface area contributed by atoms with Gasteiger partial charge in [0.1, 0.15) is 5.39 Å². The minimum atomic E-state index is -0.339. The molecular weight excluding hydrogens is 282 g/mol. The normalized spacial score (nSPS) is 11.5. The first-order valence-corrected chi connectivity index (χ1v) is 7.25. The molecule has 0 aliphatic heterocycles. The first kappa shape index (κ1) is 15.9. The quantitative estimate of drug-likeness (QED) is 0.627. The summed E-state index contributed by atoms with van der Waals surface area (Å²) in [5.74, 6) is 0. The Balaban J connectivity index is 3.01. The van der Waals surface area contributed by atoms with E-state index in [1.165, 1.54) is 9.13 Å². The third-order valence-corrected chi connectivity index (χ3v) is 3.44. The Morgan fingerprint density at radius 1 is 1.23 bits per heavy atom. The fourth-order valence-corrected chi connectivity index (χ4v) is 2.35. The molecule has 0 unspecified atom stereocenters. The Morgan fingerprint density at radius 2 is 1.86 bits per heavy atom. The highest BCUT2D eigenvalue weighted by Crippen LogP contribution is 2.24. The smallest absolute Gasteiger partial charge is 0.332 e. The molecule has 0 saturated heterocycles. The number of hydrogen-bond donors (Lipinski definition) is 0. The molecule has 0 N–H and O–H groups in total. The minimum absolute atomic E-state index is 0.318. The van der Waals surface area contributed by atoms with Crippen molar-refractivity contribution in [1.29, 1.82) is 0 Å². The summed E-state index contributed by atoms with van der Waals surface area (Å²) in [6.07, 6.45) is 3.28. The molecule has 2 heterocycles. The Hall–Kier alpha value is -2.44. The molecule has 7 nitrogen and oxygen atoms in total. The van der Waals surface area contributed by atoms with Crippen molar-refractivity contribution in [2.45, 2.75) is 33.9 Å². The number of rotatable bonds is 4. The van der Waals surface area contributed by atoms with Crippen LogP contribution >= 0.6 is 0 Å². The SMILES string of the molecule is CCn1c(=O)c2c(N=CN(C)C)c(C)cnc2n(CC)c1=O. The van der Waals surface area contributed by atoms with Gasteiger partial charge >= 0.3 is 5.69 Å². The minimum Gasteiger partial charge on any atom is -0.369 e. The van der Waals surface area contributed by atoms with Gasteiger partial charge in [-0.2, -0.15) is 0 Å². The molecule has 0 amide bonds. The van der Waals surface area contributed by atoms with Crippen molar-refractivity contribution in [1.82, 2.24) is 19.0 Å². The Labute approximate surface area is 128 Å². The monoisotopic (exact) mass is 303 g/mol. The lowest BCUT2D eigenvalue weighted by Crippen LogP contribution is -2.39. The number of aliphatic imine (C=N–C) groups is 1.